The molecule has 0 aromatic heterocycles. The molecule has 0 unspecified atom stereocenters. The fraction of sp³-hybridized carbons (Fsp3) is 0.125. The van der Waals surface area contributed by atoms with Gasteiger partial charge in [0.1, 0.15) is 0 Å². The van der Waals surface area contributed by atoms with Crippen molar-refractivity contribution in [2.45, 2.75) is 6.42 Å². The molecule has 0 fully saturated rings. The van der Waals surface area contributed by atoms with E-state index in [1.54, 1.807) is 24.3 Å². The van der Waals surface area contributed by atoms with Gasteiger partial charge in [0.2, 0.25) is 5.91 Å². The lowest BCUT2D eigenvalue weighted by Crippen LogP contribution is -2.13. The molecule has 0 bridgehead atoms. The Balaban J connectivity index is 0. The van der Waals surface area contributed by atoms with Crippen molar-refractivity contribution in [1.82, 2.24) is 0 Å². The van der Waals surface area contributed by atoms with Crippen molar-refractivity contribution in [3.63, 3.8) is 0 Å². The van der Waals surface area contributed by atoms with Crippen molar-refractivity contribution < 1.29 is 4.79 Å². The van der Waals surface area contributed by atoms with Crippen molar-refractivity contribution >= 4 is 42.3 Å². The number of primary amides is 1. The van der Waals surface area contributed by atoms with Crippen molar-refractivity contribution in [2.75, 3.05) is 0 Å². The molecule has 74 valence electrons. The molecule has 0 radical (unpaired) electrons. The fourth-order valence-electron chi connectivity index (χ4n) is 0.803. The van der Waals surface area contributed by atoms with Gasteiger partial charge in [0.25, 0.3) is 0 Å². The zero-order valence-corrected chi connectivity index (χ0v) is 9.09. The fourth-order valence-corrected chi connectivity index (χ4v) is 0.929. The Hall–Kier alpha value is -0.440. The second kappa shape index (κ2) is 7.01. The van der Waals surface area contributed by atoms with E-state index in [2.05, 4.69) is 0 Å². The van der Waals surface area contributed by atoms with E-state index in [-0.39, 0.29) is 37.1 Å². The van der Waals surface area contributed by atoms with Gasteiger partial charge < -0.3 is 5.73 Å². The van der Waals surface area contributed by atoms with Crippen LogP contribution in [-0.2, 0) is 11.2 Å². The Morgan fingerprint density at radius 3 is 2.08 bits per heavy atom. The number of amides is 1. The first-order valence-corrected chi connectivity index (χ1v) is 3.59. The molecule has 1 amide bonds. The van der Waals surface area contributed by atoms with Crippen LogP contribution >= 0.6 is 36.4 Å². The Morgan fingerprint density at radius 2 is 1.69 bits per heavy atom. The predicted octanol–water partition coefficient (Wildman–Crippen LogP) is 2.21. The zero-order valence-electron chi connectivity index (χ0n) is 6.70. The van der Waals surface area contributed by atoms with Crippen molar-refractivity contribution in [3.05, 3.63) is 34.9 Å². The molecule has 2 nitrogen and oxygen atoms in total. The molecule has 0 saturated heterocycles. The van der Waals surface area contributed by atoms with Crippen LogP contribution in [-0.4, -0.2) is 5.91 Å². The van der Waals surface area contributed by atoms with Crippen LogP contribution in [0.4, 0.5) is 0 Å². The number of carbonyl (C=O) groups is 1. The quantitative estimate of drug-likeness (QED) is 0.849. The number of benzene rings is 1. The van der Waals surface area contributed by atoms with Crippen LogP contribution in [0.1, 0.15) is 5.56 Å². The molecule has 0 aliphatic heterocycles. The molecule has 1 rings (SSSR count). The first-order valence-electron chi connectivity index (χ1n) is 3.21. The Bertz CT molecular complexity index is 261. The number of hydrogen-bond donors (Lipinski definition) is 1. The summed E-state index contributed by atoms with van der Waals surface area (Å²) in [7, 11) is 0. The van der Waals surface area contributed by atoms with Crippen LogP contribution in [0, 0.1) is 0 Å². The molecule has 0 heterocycles. The minimum absolute atomic E-state index is 0. The summed E-state index contributed by atoms with van der Waals surface area (Å²) in [6, 6.07) is 7.04. The molecule has 0 aliphatic rings. The van der Waals surface area contributed by atoms with Gasteiger partial charge in [-0.1, -0.05) is 23.7 Å². The molecule has 5 heteroatoms. The van der Waals surface area contributed by atoms with Gasteiger partial charge in [-0.25, -0.2) is 0 Å². The molecule has 0 spiro atoms. The highest BCUT2D eigenvalue weighted by atomic mass is 35.5. The number of hydrogen-bond acceptors (Lipinski definition) is 1. The van der Waals surface area contributed by atoms with Gasteiger partial charge in [0.05, 0.1) is 6.42 Å². The molecule has 1 aromatic rings. The summed E-state index contributed by atoms with van der Waals surface area (Å²) in [5.74, 6) is -0.327. The molecular formula is C8H10Cl3NO. The van der Waals surface area contributed by atoms with E-state index in [1.807, 2.05) is 0 Å². The Kier molecular flexibility index (Phi) is 8.12. The lowest BCUT2D eigenvalue weighted by molar-refractivity contribution is -0.117. The molecule has 2 N–H and O–H groups in total. The minimum atomic E-state index is -0.327. The highest BCUT2D eigenvalue weighted by molar-refractivity contribution is 6.30. The molecule has 0 atom stereocenters. The summed E-state index contributed by atoms with van der Waals surface area (Å²) in [4.78, 5) is 10.4. The van der Waals surface area contributed by atoms with E-state index >= 15 is 0 Å². The predicted molar refractivity (Wildman–Crippen MR) is 58.8 cm³/mol. The summed E-state index contributed by atoms with van der Waals surface area (Å²) in [6.07, 6.45) is 0.275. The van der Waals surface area contributed by atoms with Gasteiger partial charge in [-0.2, -0.15) is 0 Å². The monoisotopic (exact) mass is 241 g/mol. The Morgan fingerprint density at radius 1 is 1.23 bits per heavy atom. The number of carbonyl (C=O) groups excluding carboxylic acids is 1. The maximum atomic E-state index is 10.4. The third-order valence-electron chi connectivity index (χ3n) is 1.29. The normalized spacial score (nSPS) is 8.08. The van der Waals surface area contributed by atoms with E-state index in [4.69, 9.17) is 17.3 Å². The lowest BCUT2D eigenvalue weighted by Gasteiger charge is -1.95. The topological polar surface area (TPSA) is 43.1 Å². The van der Waals surface area contributed by atoms with Crippen molar-refractivity contribution in [3.8, 4) is 0 Å². The Labute approximate surface area is 94.3 Å². The van der Waals surface area contributed by atoms with Crippen LogP contribution in [0.2, 0.25) is 5.02 Å². The molecule has 0 saturated carbocycles. The molecule has 0 aliphatic carbocycles. The van der Waals surface area contributed by atoms with E-state index < -0.39 is 0 Å². The van der Waals surface area contributed by atoms with Crippen LogP contribution in [0.3, 0.4) is 0 Å². The maximum absolute atomic E-state index is 10.4. The second-order valence-electron chi connectivity index (χ2n) is 2.27. The van der Waals surface area contributed by atoms with Gasteiger partial charge in [-0.15, -0.1) is 24.8 Å². The standard InChI is InChI=1S/C8H8ClNO.2ClH/c9-7-3-1-6(2-4-7)5-8(10)11;;/h1-4H,5H2,(H2,10,11);2*1H. The first kappa shape index (κ1) is 15.1. The summed E-state index contributed by atoms with van der Waals surface area (Å²) in [5, 5.41) is 0.665. The van der Waals surface area contributed by atoms with Crippen LogP contribution in [0.5, 0.6) is 0 Å². The second-order valence-corrected chi connectivity index (χ2v) is 2.71. The zero-order chi connectivity index (χ0) is 8.27. The highest BCUT2D eigenvalue weighted by Gasteiger charge is 1.96. The van der Waals surface area contributed by atoms with Gasteiger partial charge in [-0.05, 0) is 17.7 Å². The average Bonchev–Trinajstić information content (AvgIpc) is 1.93. The maximum Gasteiger partial charge on any atom is 0.221 e. The van der Waals surface area contributed by atoms with E-state index in [0.717, 1.165) is 5.56 Å². The van der Waals surface area contributed by atoms with Crippen LogP contribution < -0.4 is 5.73 Å². The molecule has 13 heavy (non-hydrogen) atoms. The van der Waals surface area contributed by atoms with Gasteiger partial charge >= 0.3 is 0 Å². The smallest absolute Gasteiger partial charge is 0.221 e. The largest absolute Gasteiger partial charge is 0.369 e. The van der Waals surface area contributed by atoms with E-state index in [9.17, 15) is 4.79 Å². The SMILES string of the molecule is Cl.Cl.NC(=O)Cc1ccc(Cl)cc1. The van der Waals surface area contributed by atoms with Gasteiger partial charge in [0, 0.05) is 5.02 Å². The van der Waals surface area contributed by atoms with E-state index in [0.29, 0.717) is 5.02 Å². The highest BCUT2D eigenvalue weighted by Crippen LogP contribution is 2.09. The van der Waals surface area contributed by atoms with Gasteiger partial charge in [-0.3, -0.25) is 4.79 Å². The molecular weight excluding hydrogens is 232 g/mol. The lowest BCUT2D eigenvalue weighted by atomic mass is 10.1. The summed E-state index contributed by atoms with van der Waals surface area (Å²) < 4.78 is 0. The summed E-state index contributed by atoms with van der Waals surface area (Å²) >= 11 is 5.63. The van der Waals surface area contributed by atoms with Crippen LogP contribution in [0.25, 0.3) is 0 Å². The summed E-state index contributed by atoms with van der Waals surface area (Å²) in [6.45, 7) is 0. The average molecular weight is 243 g/mol. The van der Waals surface area contributed by atoms with Crippen LogP contribution in [0.15, 0.2) is 24.3 Å². The number of nitrogens with two attached hydrogens (primary N) is 1. The van der Waals surface area contributed by atoms with Crippen molar-refractivity contribution in [1.29, 1.82) is 0 Å². The third-order valence-corrected chi connectivity index (χ3v) is 1.54. The first-order chi connectivity index (χ1) is 5.18. The minimum Gasteiger partial charge on any atom is -0.369 e. The number of halogens is 3. The molecule has 1 aromatic carbocycles. The summed E-state index contributed by atoms with van der Waals surface area (Å²) in [5.41, 5.74) is 5.88. The van der Waals surface area contributed by atoms with E-state index in [1.165, 1.54) is 0 Å². The number of rotatable bonds is 2. The third kappa shape index (κ3) is 5.75. The van der Waals surface area contributed by atoms with Gasteiger partial charge in [0.15, 0.2) is 0 Å². The van der Waals surface area contributed by atoms with Crippen molar-refractivity contribution in [2.24, 2.45) is 5.73 Å².